The van der Waals surface area contributed by atoms with Gasteiger partial charge in [-0.25, -0.2) is 4.98 Å². The molecule has 0 spiro atoms. The number of hydrogen-bond donors (Lipinski definition) is 1. The third kappa shape index (κ3) is 2.48. The first-order valence-corrected chi connectivity index (χ1v) is 6.77. The molecule has 1 heterocycles. The van der Waals surface area contributed by atoms with Gasteiger partial charge < -0.3 is 5.32 Å². The van der Waals surface area contributed by atoms with Gasteiger partial charge in [0.25, 0.3) is 0 Å². The number of amides is 1. The lowest BCUT2D eigenvalue weighted by Gasteiger charge is -2.00. The molecule has 19 heavy (non-hydrogen) atoms. The average Bonchev–Trinajstić information content (AvgIpc) is 2.79. The smallest absolute Gasteiger partial charge is 0.223 e. The minimum absolute atomic E-state index is 0.0951. The number of anilines is 1. The van der Waals surface area contributed by atoms with Crippen LogP contribution in [0.2, 0.25) is 0 Å². The third-order valence-corrected chi connectivity index (χ3v) is 3.71. The number of hydrogen-bond acceptors (Lipinski definition) is 3. The topological polar surface area (TPSA) is 42.0 Å². The van der Waals surface area contributed by atoms with Crippen molar-refractivity contribution in [1.82, 2.24) is 4.98 Å². The number of carbonyl (C=O) groups excluding carboxylic acids is 1. The maximum atomic E-state index is 11.0. The molecule has 1 N–H and O–H groups in total. The molecular formula is C15H12N2OS. The van der Waals surface area contributed by atoms with Gasteiger partial charge in [-0.05, 0) is 23.3 Å². The Bertz CT molecular complexity index is 734. The molecule has 1 amide bonds. The lowest BCUT2D eigenvalue weighted by molar-refractivity contribution is -0.114. The van der Waals surface area contributed by atoms with Gasteiger partial charge in [-0.1, -0.05) is 47.7 Å². The van der Waals surface area contributed by atoms with Gasteiger partial charge in [0.05, 0.1) is 10.2 Å². The van der Waals surface area contributed by atoms with Crippen LogP contribution in [0.3, 0.4) is 0 Å². The molecule has 3 rings (SSSR count). The summed E-state index contributed by atoms with van der Waals surface area (Å²) in [7, 11) is 0. The molecule has 1 aromatic heterocycles. The highest BCUT2D eigenvalue weighted by molar-refractivity contribution is 7.22. The molecule has 0 aliphatic rings. The van der Waals surface area contributed by atoms with Crippen LogP contribution in [0.15, 0.2) is 48.5 Å². The van der Waals surface area contributed by atoms with E-state index in [1.165, 1.54) is 23.8 Å². The number of thiazole rings is 1. The number of carbonyl (C=O) groups is 1. The summed E-state index contributed by atoms with van der Waals surface area (Å²) < 4.78 is 1.07. The standard InChI is InChI=1S/C15H12N2OS/c1-10(18)16-15-17-13-8-7-12(9-14(13)19-15)11-5-3-2-4-6-11/h2-9H,1H3,(H,16,17,18). The first kappa shape index (κ1) is 11.9. The molecule has 0 atom stereocenters. The van der Waals surface area contributed by atoms with Crippen molar-refractivity contribution in [1.29, 1.82) is 0 Å². The molecule has 0 saturated carbocycles. The number of nitrogens with zero attached hydrogens (tertiary/aromatic N) is 1. The Morgan fingerprint density at radius 3 is 2.63 bits per heavy atom. The van der Waals surface area contributed by atoms with Crippen molar-refractivity contribution < 1.29 is 4.79 Å². The van der Waals surface area contributed by atoms with E-state index in [2.05, 4.69) is 34.6 Å². The molecule has 4 heteroatoms. The predicted octanol–water partition coefficient (Wildman–Crippen LogP) is 3.92. The van der Waals surface area contributed by atoms with Crippen LogP contribution in [0.4, 0.5) is 5.13 Å². The van der Waals surface area contributed by atoms with E-state index in [0.717, 1.165) is 15.8 Å². The summed E-state index contributed by atoms with van der Waals surface area (Å²) in [4.78, 5) is 15.4. The molecule has 0 fully saturated rings. The minimum Gasteiger partial charge on any atom is -0.302 e. The second kappa shape index (κ2) is 4.82. The Hall–Kier alpha value is -2.20. The van der Waals surface area contributed by atoms with Crippen molar-refractivity contribution in [3.05, 3.63) is 48.5 Å². The lowest BCUT2D eigenvalue weighted by Crippen LogP contribution is -2.04. The highest BCUT2D eigenvalue weighted by atomic mass is 32.1. The van der Waals surface area contributed by atoms with Crippen LogP contribution < -0.4 is 5.32 Å². The summed E-state index contributed by atoms with van der Waals surface area (Å²) in [6.45, 7) is 1.49. The van der Waals surface area contributed by atoms with E-state index in [1.54, 1.807) is 0 Å². The lowest BCUT2D eigenvalue weighted by atomic mass is 10.1. The van der Waals surface area contributed by atoms with Crippen LogP contribution in [0, 0.1) is 0 Å². The summed E-state index contributed by atoms with van der Waals surface area (Å²) in [6.07, 6.45) is 0. The first-order valence-electron chi connectivity index (χ1n) is 5.96. The fourth-order valence-electron chi connectivity index (χ4n) is 1.94. The molecule has 0 saturated heterocycles. The largest absolute Gasteiger partial charge is 0.302 e. The normalized spacial score (nSPS) is 10.6. The van der Waals surface area contributed by atoms with Crippen molar-refractivity contribution in [3.8, 4) is 11.1 Å². The summed E-state index contributed by atoms with van der Waals surface area (Å²) in [5.41, 5.74) is 3.25. The molecule has 0 radical (unpaired) electrons. The number of nitrogens with one attached hydrogen (secondary N) is 1. The Morgan fingerprint density at radius 1 is 1.11 bits per heavy atom. The highest BCUT2D eigenvalue weighted by Gasteiger charge is 2.06. The van der Waals surface area contributed by atoms with E-state index >= 15 is 0 Å². The van der Waals surface area contributed by atoms with E-state index < -0.39 is 0 Å². The summed E-state index contributed by atoms with van der Waals surface area (Å²) in [5.74, 6) is -0.0951. The van der Waals surface area contributed by atoms with Crippen molar-refractivity contribution in [2.24, 2.45) is 0 Å². The summed E-state index contributed by atoms with van der Waals surface area (Å²) >= 11 is 1.49. The number of fused-ring (bicyclic) bond motifs is 1. The molecule has 0 bridgehead atoms. The summed E-state index contributed by atoms with van der Waals surface area (Å²) in [6, 6.07) is 16.4. The number of benzene rings is 2. The molecule has 0 aliphatic heterocycles. The third-order valence-electron chi connectivity index (χ3n) is 2.78. The second-order valence-electron chi connectivity index (χ2n) is 4.25. The van der Waals surface area contributed by atoms with E-state index in [1.807, 2.05) is 24.3 Å². The van der Waals surface area contributed by atoms with Gasteiger partial charge in [-0.3, -0.25) is 4.79 Å². The fraction of sp³-hybridized carbons (Fsp3) is 0.0667. The monoisotopic (exact) mass is 268 g/mol. The SMILES string of the molecule is CC(=O)Nc1nc2ccc(-c3ccccc3)cc2s1. The van der Waals surface area contributed by atoms with Crippen LogP contribution in [-0.2, 0) is 4.79 Å². The quantitative estimate of drug-likeness (QED) is 0.765. The maximum Gasteiger partial charge on any atom is 0.223 e. The Morgan fingerprint density at radius 2 is 1.89 bits per heavy atom. The Balaban J connectivity index is 2.03. The van der Waals surface area contributed by atoms with Gasteiger partial charge in [-0.2, -0.15) is 0 Å². The average molecular weight is 268 g/mol. The maximum absolute atomic E-state index is 11.0. The van der Waals surface area contributed by atoms with Gasteiger partial charge in [0, 0.05) is 6.92 Å². The van der Waals surface area contributed by atoms with E-state index in [0.29, 0.717) is 5.13 Å². The minimum atomic E-state index is -0.0951. The number of rotatable bonds is 2. The van der Waals surface area contributed by atoms with Crippen molar-refractivity contribution in [2.45, 2.75) is 6.92 Å². The molecule has 3 aromatic rings. The molecule has 3 nitrogen and oxygen atoms in total. The Labute approximate surface area is 114 Å². The first-order chi connectivity index (χ1) is 9.22. The molecule has 0 unspecified atom stereocenters. The van der Waals surface area contributed by atoms with Crippen LogP contribution in [0.1, 0.15) is 6.92 Å². The second-order valence-corrected chi connectivity index (χ2v) is 5.28. The van der Waals surface area contributed by atoms with Crippen molar-refractivity contribution in [3.63, 3.8) is 0 Å². The van der Waals surface area contributed by atoms with Crippen LogP contribution in [0.25, 0.3) is 21.3 Å². The summed E-state index contributed by atoms with van der Waals surface area (Å²) in [5, 5.41) is 3.37. The zero-order chi connectivity index (χ0) is 13.2. The van der Waals surface area contributed by atoms with Gasteiger partial charge in [-0.15, -0.1) is 0 Å². The zero-order valence-electron chi connectivity index (χ0n) is 10.4. The van der Waals surface area contributed by atoms with E-state index in [4.69, 9.17) is 0 Å². The predicted molar refractivity (Wildman–Crippen MR) is 79.4 cm³/mol. The van der Waals surface area contributed by atoms with Crippen LogP contribution in [0.5, 0.6) is 0 Å². The van der Waals surface area contributed by atoms with Gasteiger partial charge in [0.2, 0.25) is 5.91 Å². The number of aromatic nitrogens is 1. The van der Waals surface area contributed by atoms with Gasteiger partial charge >= 0.3 is 0 Å². The zero-order valence-corrected chi connectivity index (χ0v) is 11.2. The Kier molecular flexibility index (Phi) is 3.01. The molecule has 0 aliphatic carbocycles. The van der Waals surface area contributed by atoms with Crippen molar-refractivity contribution in [2.75, 3.05) is 5.32 Å². The molecule has 2 aromatic carbocycles. The van der Waals surface area contributed by atoms with Crippen molar-refractivity contribution >= 4 is 32.6 Å². The van der Waals surface area contributed by atoms with Crippen LogP contribution >= 0.6 is 11.3 Å². The fourth-order valence-corrected chi connectivity index (χ4v) is 2.89. The molecular weight excluding hydrogens is 256 g/mol. The molecule has 94 valence electrons. The van der Waals surface area contributed by atoms with Gasteiger partial charge in [0.1, 0.15) is 0 Å². The van der Waals surface area contributed by atoms with E-state index in [-0.39, 0.29) is 5.91 Å². The highest BCUT2D eigenvalue weighted by Crippen LogP contribution is 2.30. The van der Waals surface area contributed by atoms with Gasteiger partial charge in [0.15, 0.2) is 5.13 Å². The van der Waals surface area contributed by atoms with Crippen LogP contribution in [-0.4, -0.2) is 10.9 Å². The van der Waals surface area contributed by atoms with E-state index in [9.17, 15) is 4.79 Å².